The standard InChI is InChI=1S/C17H17N7O/c1-3-11-5-4-6-12(19-11)9-24-16-15(22-23-24)14(20-17(18)21-16)13-8-7-10(2)25-13/h4-8H,3,9H2,1-2H3,(H2,18,20,21). The van der Waals surface area contributed by atoms with E-state index in [1.165, 1.54) is 0 Å². The van der Waals surface area contributed by atoms with Crippen molar-refractivity contribution in [3.8, 4) is 11.5 Å². The molecule has 0 amide bonds. The molecule has 8 nitrogen and oxygen atoms in total. The molecule has 8 heteroatoms. The molecule has 4 aromatic heterocycles. The normalized spacial score (nSPS) is 11.3. The molecule has 0 spiro atoms. The lowest BCUT2D eigenvalue weighted by molar-refractivity contribution is 0.547. The molecule has 0 radical (unpaired) electrons. The minimum atomic E-state index is 0.148. The van der Waals surface area contributed by atoms with Crippen LogP contribution in [-0.4, -0.2) is 29.9 Å². The molecule has 0 unspecified atom stereocenters. The van der Waals surface area contributed by atoms with Crippen molar-refractivity contribution in [2.45, 2.75) is 26.8 Å². The van der Waals surface area contributed by atoms with Crippen LogP contribution in [-0.2, 0) is 13.0 Å². The number of pyridine rings is 1. The zero-order chi connectivity index (χ0) is 17.4. The third kappa shape index (κ3) is 2.82. The number of hydrogen-bond acceptors (Lipinski definition) is 7. The first-order chi connectivity index (χ1) is 12.1. The molecule has 0 aliphatic heterocycles. The van der Waals surface area contributed by atoms with E-state index < -0.39 is 0 Å². The Bertz CT molecular complexity index is 1050. The molecule has 0 aliphatic rings. The number of nitrogens with zero attached hydrogens (tertiary/aromatic N) is 6. The van der Waals surface area contributed by atoms with Gasteiger partial charge in [-0.2, -0.15) is 4.98 Å². The van der Waals surface area contributed by atoms with Crippen LogP contribution < -0.4 is 5.73 Å². The Morgan fingerprint density at radius 3 is 2.68 bits per heavy atom. The maximum atomic E-state index is 5.89. The van der Waals surface area contributed by atoms with Gasteiger partial charge in [-0.3, -0.25) is 4.98 Å². The van der Waals surface area contributed by atoms with Crippen LogP contribution in [0.1, 0.15) is 24.1 Å². The van der Waals surface area contributed by atoms with Gasteiger partial charge < -0.3 is 10.2 Å². The van der Waals surface area contributed by atoms with Gasteiger partial charge in [0.25, 0.3) is 0 Å². The van der Waals surface area contributed by atoms with Gasteiger partial charge in [0, 0.05) is 5.69 Å². The number of fused-ring (bicyclic) bond motifs is 1. The maximum absolute atomic E-state index is 5.89. The Morgan fingerprint density at radius 2 is 1.92 bits per heavy atom. The fourth-order valence-electron chi connectivity index (χ4n) is 2.68. The second-order valence-electron chi connectivity index (χ2n) is 5.73. The van der Waals surface area contributed by atoms with Gasteiger partial charge in [0.2, 0.25) is 5.95 Å². The first-order valence-corrected chi connectivity index (χ1v) is 8.02. The van der Waals surface area contributed by atoms with E-state index in [0.29, 0.717) is 29.2 Å². The van der Waals surface area contributed by atoms with E-state index in [9.17, 15) is 0 Å². The van der Waals surface area contributed by atoms with Crippen LogP contribution >= 0.6 is 0 Å². The van der Waals surface area contributed by atoms with Crippen LogP contribution in [0.4, 0.5) is 5.95 Å². The van der Waals surface area contributed by atoms with Crippen molar-refractivity contribution in [1.29, 1.82) is 0 Å². The third-order valence-electron chi connectivity index (χ3n) is 3.89. The highest BCUT2D eigenvalue weighted by Gasteiger charge is 2.18. The topological polar surface area (TPSA) is 109 Å². The van der Waals surface area contributed by atoms with Crippen LogP contribution in [0.3, 0.4) is 0 Å². The fraction of sp³-hybridized carbons (Fsp3) is 0.235. The number of nitrogen functional groups attached to an aromatic ring is 1. The van der Waals surface area contributed by atoms with Gasteiger partial charge in [0.05, 0.1) is 12.2 Å². The molecule has 4 aromatic rings. The summed E-state index contributed by atoms with van der Waals surface area (Å²) in [5.74, 6) is 1.53. The van der Waals surface area contributed by atoms with Gasteiger partial charge in [-0.1, -0.05) is 18.2 Å². The number of rotatable bonds is 4. The summed E-state index contributed by atoms with van der Waals surface area (Å²) in [6.07, 6.45) is 0.878. The summed E-state index contributed by atoms with van der Waals surface area (Å²) in [5.41, 5.74) is 9.45. The zero-order valence-corrected chi connectivity index (χ0v) is 14.0. The minimum Gasteiger partial charge on any atom is -0.460 e. The molecule has 2 N–H and O–H groups in total. The Balaban J connectivity index is 1.80. The first-order valence-electron chi connectivity index (χ1n) is 8.02. The summed E-state index contributed by atoms with van der Waals surface area (Å²) >= 11 is 0. The molecule has 4 heterocycles. The molecule has 0 atom stereocenters. The van der Waals surface area contributed by atoms with Gasteiger partial charge in [0.15, 0.2) is 16.9 Å². The Kier molecular flexibility index (Phi) is 3.64. The van der Waals surface area contributed by atoms with Crippen LogP contribution in [0, 0.1) is 6.92 Å². The van der Waals surface area contributed by atoms with E-state index in [1.54, 1.807) is 4.68 Å². The smallest absolute Gasteiger partial charge is 0.222 e. The average molecular weight is 335 g/mol. The van der Waals surface area contributed by atoms with Crippen LogP contribution in [0.2, 0.25) is 0 Å². The molecule has 0 fully saturated rings. The van der Waals surface area contributed by atoms with Crippen LogP contribution in [0.5, 0.6) is 0 Å². The number of furan rings is 1. The van der Waals surface area contributed by atoms with E-state index in [4.69, 9.17) is 10.2 Å². The number of aromatic nitrogens is 6. The van der Waals surface area contributed by atoms with Gasteiger partial charge in [0.1, 0.15) is 11.5 Å². The number of hydrogen-bond donors (Lipinski definition) is 1. The average Bonchev–Trinajstić information content (AvgIpc) is 3.21. The Hall–Kier alpha value is -3.29. The van der Waals surface area contributed by atoms with Gasteiger partial charge >= 0.3 is 0 Å². The van der Waals surface area contributed by atoms with Gasteiger partial charge in [-0.25, -0.2) is 9.67 Å². The molecular formula is C17H17N7O. The van der Waals surface area contributed by atoms with Crippen LogP contribution in [0.25, 0.3) is 22.6 Å². The van der Waals surface area contributed by atoms with E-state index >= 15 is 0 Å². The Labute approximate surface area is 143 Å². The number of anilines is 1. The first kappa shape index (κ1) is 15.3. The quantitative estimate of drug-likeness (QED) is 0.610. The van der Waals surface area contributed by atoms with Crippen molar-refractivity contribution in [1.82, 2.24) is 29.9 Å². The molecule has 0 aromatic carbocycles. The predicted octanol–water partition coefficient (Wildman–Crippen LogP) is 2.38. The molecule has 0 bridgehead atoms. The van der Waals surface area contributed by atoms with Gasteiger partial charge in [-0.15, -0.1) is 5.10 Å². The lowest BCUT2D eigenvalue weighted by atomic mass is 10.2. The summed E-state index contributed by atoms with van der Waals surface area (Å²) in [7, 11) is 0. The van der Waals surface area contributed by atoms with Crippen molar-refractivity contribution in [3.05, 3.63) is 47.5 Å². The monoisotopic (exact) mass is 335 g/mol. The Morgan fingerprint density at radius 1 is 1.08 bits per heavy atom. The van der Waals surface area contributed by atoms with Crippen molar-refractivity contribution in [2.75, 3.05) is 5.73 Å². The fourth-order valence-corrected chi connectivity index (χ4v) is 2.68. The summed E-state index contributed by atoms with van der Waals surface area (Å²) in [6, 6.07) is 9.64. The van der Waals surface area contributed by atoms with Crippen molar-refractivity contribution < 1.29 is 4.42 Å². The summed E-state index contributed by atoms with van der Waals surface area (Å²) in [5, 5.41) is 8.44. The maximum Gasteiger partial charge on any atom is 0.222 e. The SMILES string of the molecule is CCc1cccc(Cn2nnc3c(-c4ccc(C)o4)nc(N)nc32)n1. The second kappa shape index (κ2) is 5.97. The van der Waals surface area contributed by atoms with Crippen LogP contribution in [0.15, 0.2) is 34.7 Å². The summed E-state index contributed by atoms with van der Waals surface area (Å²) in [4.78, 5) is 13.2. The number of nitrogens with two attached hydrogens (primary N) is 1. The lowest BCUT2D eigenvalue weighted by Gasteiger charge is -2.04. The van der Waals surface area contributed by atoms with E-state index in [0.717, 1.165) is 23.6 Å². The summed E-state index contributed by atoms with van der Waals surface area (Å²) in [6.45, 7) is 4.40. The van der Waals surface area contributed by atoms with E-state index in [-0.39, 0.29) is 5.95 Å². The molecule has 0 saturated heterocycles. The van der Waals surface area contributed by atoms with E-state index in [1.807, 2.05) is 37.3 Å². The molecule has 25 heavy (non-hydrogen) atoms. The molecule has 0 saturated carbocycles. The van der Waals surface area contributed by atoms with Gasteiger partial charge in [-0.05, 0) is 37.6 Å². The molecule has 4 rings (SSSR count). The summed E-state index contributed by atoms with van der Waals surface area (Å²) < 4.78 is 7.33. The molecule has 0 aliphatic carbocycles. The molecule has 126 valence electrons. The minimum absolute atomic E-state index is 0.148. The van der Waals surface area contributed by atoms with Crippen molar-refractivity contribution in [2.24, 2.45) is 0 Å². The van der Waals surface area contributed by atoms with Crippen molar-refractivity contribution >= 4 is 17.1 Å². The van der Waals surface area contributed by atoms with E-state index in [2.05, 4.69) is 32.2 Å². The second-order valence-corrected chi connectivity index (χ2v) is 5.73. The lowest BCUT2D eigenvalue weighted by Crippen LogP contribution is -2.07. The zero-order valence-electron chi connectivity index (χ0n) is 14.0. The highest BCUT2D eigenvalue weighted by atomic mass is 16.3. The highest BCUT2D eigenvalue weighted by molar-refractivity contribution is 5.86. The number of aryl methyl sites for hydroxylation is 2. The molecular weight excluding hydrogens is 318 g/mol. The van der Waals surface area contributed by atoms with Crippen molar-refractivity contribution in [3.63, 3.8) is 0 Å². The predicted molar refractivity (Wildman–Crippen MR) is 92.7 cm³/mol. The highest BCUT2D eigenvalue weighted by Crippen LogP contribution is 2.26. The largest absolute Gasteiger partial charge is 0.460 e. The third-order valence-corrected chi connectivity index (χ3v) is 3.89.